The minimum Gasteiger partial charge on any atom is -0.452 e. The molecule has 1 aromatic carbocycles. The molecule has 27 heavy (non-hydrogen) atoms. The van der Waals surface area contributed by atoms with E-state index in [2.05, 4.69) is 4.98 Å². The number of fused-ring (bicyclic) bond motifs is 1. The Hall–Kier alpha value is -2.74. The zero-order chi connectivity index (χ0) is 19.4. The number of hydrogen-bond donors (Lipinski definition) is 0. The fraction of sp³-hybridized carbons (Fsp3) is 0.316. The first-order valence-corrected chi connectivity index (χ1v) is 10.3. The molecule has 3 rings (SSSR count). The fourth-order valence-corrected chi connectivity index (χ4v) is 4.76. The predicted octanol–water partition coefficient (Wildman–Crippen LogP) is 1.44. The van der Waals surface area contributed by atoms with Gasteiger partial charge < -0.3 is 9.64 Å². The summed E-state index contributed by atoms with van der Waals surface area (Å²) in [6.45, 7) is -0.427. The van der Waals surface area contributed by atoms with Crippen molar-refractivity contribution in [3.05, 3.63) is 48.2 Å². The fourth-order valence-electron chi connectivity index (χ4n) is 2.99. The summed E-state index contributed by atoms with van der Waals surface area (Å²) in [4.78, 5) is 29.7. The maximum atomic E-state index is 12.1. The van der Waals surface area contributed by atoms with Crippen LogP contribution in [0.1, 0.15) is 12.0 Å². The molecule has 0 N–H and O–H groups in total. The van der Waals surface area contributed by atoms with Crippen molar-refractivity contribution in [1.82, 2.24) is 9.88 Å². The Balaban J connectivity index is 1.56. The van der Waals surface area contributed by atoms with E-state index in [1.165, 1.54) is 18.0 Å². The Kier molecular flexibility index (Phi) is 5.55. The minimum absolute atomic E-state index is 0.0445. The number of amides is 1. The number of esters is 1. The molecule has 1 unspecified atom stereocenters. The van der Waals surface area contributed by atoms with E-state index in [9.17, 15) is 18.0 Å². The van der Waals surface area contributed by atoms with Crippen molar-refractivity contribution < 1.29 is 22.7 Å². The number of carbonyl (C=O) groups is 2. The lowest BCUT2D eigenvalue weighted by molar-refractivity contribution is -0.148. The number of aromatic nitrogens is 1. The molecule has 142 valence electrons. The van der Waals surface area contributed by atoms with Gasteiger partial charge in [0.1, 0.15) is 0 Å². The van der Waals surface area contributed by atoms with E-state index in [4.69, 9.17) is 4.74 Å². The van der Waals surface area contributed by atoms with E-state index in [1.54, 1.807) is 12.3 Å². The largest absolute Gasteiger partial charge is 0.452 e. The zero-order valence-electron chi connectivity index (χ0n) is 14.9. The van der Waals surface area contributed by atoms with Crippen molar-refractivity contribution in [3.63, 3.8) is 0 Å². The van der Waals surface area contributed by atoms with E-state index in [0.29, 0.717) is 6.42 Å². The van der Waals surface area contributed by atoms with Crippen LogP contribution in [-0.4, -0.2) is 61.4 Å². The quantitative estimate of drug-likeness (QED) is 0.568. The summed E-state index contributed by atoms with van der Waals surface area (Å²) in [5, 5.41) is 0.955. The summed E-state index contributed by atoms with van der Waals surface area (Å²) in [5.74, 6) is -1.04. The van der Waals surface area contributed by atoms with E-state index in [-0.39, 0.29) is 17.5 Å². The van der Waals surface area contributed by atoms with Gasteiger partial charge in [-0.3, -0.25) is 9.78 Å². The van der Waals surface area contributed by atoms with Gasteiger partial charge in [-0.25, -0.2) is 13.2 Å². The molecule has 2 aromatic rings. The number of sulfone groups is 1. The highest BCUT2D eigenvalue weighted by Crippen LogP contribution is 2.18. The van der Waals surface area contributed by atoms with Crippen molar-refractivity contribution in [2.24, 2.45) is 0 Å². The predicted molar refractivity (Wildman–Crippen MR) is 102 cm³/mol. The van der Waals surface area contributed by atoms with Gasteiger partial charge in [0.2, 0.25) is 0 Å². The zero-order valence-corrected chi connectivity index (χ0v) is 15.7. The van der Waals surface area contributed by atoms with Crippen LogP contribution in [0.5, 0.6) is 0 Å². The molecule has 0 bridgehead atoms. The van der Waals surface area contributed by atoms with E-state index in [1.807, 2.05) is 30.3 Å². The van der Waals surface area contributed by atoms with Crippen LogP contribution in [-0.2, 0) is 24.2 Å². The summed E-state index contributed by atoms with van der Waals surface area (Å²) < 4.78 is 28.0. The van der Waals surface area contributed by atoms with Gasteiger partial charge >= 0.3 is 5.97 Å². The molecule has 1 aromatic heterocycles. The van der Waals surface area contributed by atoms with Crippen LogP contribution < -0.4 is 0 Å². The molecule has 8 heteroatoms. The average Bonchev–Trinajstić information content (AvgIpc) is 3.03. The monoisotopic (exact) mass is 388 g/mol. The highest BCUT2D eigenvalue weighted by molar-refractivity contribution is 7.91. The number of likely N-dealkylation sites (N-methyl/N-ethyl adjacent to an activating group) is 1. The standard InChI is InChI=1S/C19H20N2O5S/c1-21(16-9-11-27(24,25)13-16)17(22)12-26-18(23)8-7-15-5-2-4-14-6-3-10-20-19(14)15/h2-8,10,16H,9,11-13H2,1H3/b8-7+. The Morgan fingerprint density at radius 1 is 1.30 bits per heavy atom. The second-order valence-corrected chi connectivity index (χ2v) is 8.65. The molecule has 1 saturated heterocycles. The lowest BCUT2D eigenvalue weighted by Gasteiger charge is -2.22. The molecule has 1 atom stereocenters. The molecule has 0 saturated carbocycles. The Labute approximate surface area is 157 Å². The third-order valence-corrected chi connectivity index (χ3v) is 6.30. The molecule has 7 nitrogen and oxygen atoms in total. The highest BCUT2D eigenvalue weighted by atomic mass is 32.2. The van der Waals surface area contributed by atoms with E-state index in [0.717, 1.165) is 16.5 Å². The third-order valence-electron chi connectivity index (χ3n) is 4.55. The van der Waals surface area contributed by atoms with E-state index >= 15 is 0 Å². The molecule has 1 amide bonds. The number of rotatable bonds is 5. The van der Waals surface area contributed by atoms with Crippen LogP contribution in [0.3, 0.4) is 0 Å². The first-order chi connectivity index (χ1) is 12.9. The molecule has 0 spiro atoms. The van der Waals surface area contributed by atoms with Crippen molar-refractivity contribution in [2.45, 2.75) is 12.5 Å². The van der Waals surface area contributed by atoms with Gasteiger partial charge in [-0.15, -0.1) is 0 Å². The van der Waals surface area contributed by atoms with Gasteiger partial charge in [0.25, 0.3) is 5.91 Å². The topological polar surface area (TPSA) is 93.6 Å². The molecule has 1 aliphatic heterocycles. The van der Waals surface area contributed by atoms with Crippen LogP contribution in [0.4, 0.5) is 0 Å². The second kappa shape index (κ2) is 7.87. The summed E-state index contributed by atoms with van der Waals surface area (Å²) >= 11 is 0. The van der Waals surface area contributed by atoms with Gasteiger partial charge in [-0.1, -0.05) is 24.3 Å². The summed E-state index contributed by atoms with van der Waals surface area (Å²) in [6.07, 6.45) is 4.92. The molecular formula is C19H20N2O5S. The van der Waals surface area contributed by atoms with Gasteiger partial charge in [0.05, 0.1) is 17.0 Å². The number of hydrogen-bond acceptors (Lipinski definition) is 6. The minimum atomic E-state index is -3.08. The number of nitrogens with zero attached hydrogens (tertiary/aromatic N) is 2. The maximum Gasteiger partial charge on any atom is 0.331 e. The molecule has 1 fully saturated rings. The van der Waals surface area contributed by atoms with Crippen LogP contribution in [0.2, 0.25) is 0 Å². The van der Waals surface area contributed by atoms with Crippen molar-refractivity contribution in [3.8, 4) is 0 Å². The molecule has 2 heterocycles. The third kappa shape index (κ3) is 4.71. The van der Waals surface area contributed by atoms with Crippen LogP contribution in [0, 0.1) is 0 Å². The second-order valence-electron chi connectivity index (χ2n) is 6.42. The normalized spacial score (nSPS) is 18.6. The number of benzene rings is 1. The summed E-state index contributed by atoms with van der Waals surface area (Å²) in [6, 6.07) is 9.02. The summed E-state index contributed by atoms with van der Waals surface area (Å²) in [7, 11) is -1.55. The Morgan fingerprint density at radius 2 is 2.07 bits per heavy atom. The van der Waals surface area contributed by atoms with Crippen molar-refractivity contribution in [1.29, 1.82) is 0 Å². The smallest absolute Gasteiger partial charge is 0.331 e. The maximum absolute atomic E-state index is 12.1. The Bertz CT molecular complexity index is 995. The highest BCUT2D eigenvalue weighted by Gasteiger charge is 2.32. The number of ether oxygens (including phenoxy) is 1. The Morgan fingerprint density at radius 3 is 2.81 bits per heavy atom. The van der Waals surface area contributed by atoms with Crippen LogP contribution in [0.25, 0.3) is 17.0 Å². The number of para-hydroxylation sites is 1. The van der Waals surface area contributed by atoms with Gasteiger partial charge in [0, 0.05) is 36.3 Å². The van der Waals surface area contributed by atoms with Gasteiger partial charge in [-0.2, -0.15) is 0 Å². The first kappa shape index (κ1) is 19.0. The summed E-state index contributed by atoms with van der Waals surface area (Å²) in [5.41, 5.74) is 1.53. The molecular weight excluding hydrogens is 368 g/mol. The number of carbonyl (C=O) groups excluding carboxylic acids is 2. The molecule has 1 aliphatic rings. The van der Waals surface area contributed by atoms with Crippen LogP contribution >= 0.6 is 0 Å². The van der Waals surface area contributed by atoms with E-state index < -0.39 is 28.3 Å². The molecule has 0 radical (unpaired) electrons. The van der Waals surface area contributed by atoms with Crippen molar-refractivity contribution in [2.75, 3.05) is 25.2 Å². The SMILES string of the molecule is CN(C(=O)COC(=O)/C=C/c1cccc2cccnc12)C1CCS(=O)(=O)C1. The first-order valence-electron chi connectivity index (χ1n) is 8.50. The molecule has 0 aliphatic carbocycles. The lowest BCUT2D eigenvalue weighted by Crippen LogP contribution is -2.40. The lowest BCUT2D eigenvalue weighted by atomic mass is 10.1. The number of pyridine rings is 1. The van der Waals surface area contributed by atoms with Gasteiger partial charge in [0.15, 0.2) is 16.4 Å². The average molecular weight is 388 g/mol. The van der Waals surface area contributed by atoms with Crippen molar-refractivity contribution >= 4 is 38.7 Å². The van der Waals surface area contributed by atoms with Gasteiger partial charge in [-0.05, 0) is 18.6 Å². The van der Waals surface area contributed by atoms with Crippen LogP contribution in [0.15, 0.2) is 42.6 Å².